The molecule has 1 saturated heterocycles. The van der Waals surface area contributed by atoms with Gasteiger partial charge in [-0.1, -0.05) is 317 Å². The Balaban J connectivity index is 0.000000124. The Bertz CT molecular complexity index is 5410. The molecule has 2 aromatic heterocycles. The second kappa shape index (κ2) is 28.8. The first-order valence-electron chi connectivity index (χ1n) is 37.5. The fourth-order valence-corrected chi connectivity index (χ4v) is 16.9. The van der Waals surface area contributed by atoms with E-state index in [0.717, 1.165) is 55.5 Å². The molecule has 0 atom stereocenters. The van der Waals surface area contributed by atoms with Crippen LogP contribution < -0.4 is 5.46 Å². The van der Waals surface area contributed by atoms with Gasteiger partial charge in [0.1, 0.15) is 0 Å². The quantitative estimate of drug-likeness (QED) is 0.125. The van der Waals surface area contributed by atoms with Crippen LogP contribution >= 0.6 is 11.6 Å². The van der Waals surface area contributed by atoms with Crippen LogP contribution in [-0.2, 0) is 20.1 Å². The largest absolute Gasteiger partial charge is 0.494 e. The minimum atomic E-state index is -0.303. The molecule has 19 rings (SSSR count). The molecule has 5 aliphatic rings. The number of nitrogens with zero attached hydrogens (tertiary/aromatic N) is 6. The van der Waals surface area contributed by atoms with E-state index in [9.17, 15) is 0 Å². The third-order valence-electron chi connectivity index (χ3n) is 22.8. The van der Waals surface area contributed by atoms with Gasteiger partial charge in [0.05, 0.1) is 11.2 Å². The van der Waals surface area contributed by atoms with E-state index in [1.165, 1.54) is 125 Å². The van der Waals surface area contributed by atoms with E-state index in [-0.39, 0.29) is 29.2 Å². The third-order valence-corrected chi connectivity index (χ3v) is 23.1. The maximum Gasteiger partial charge on any atom is 0.494 e. The number of aromatic nitrogens is 6. The Morgan fingerprint density at radius 3 is 0.943 bits per heavy atom. The fraction of sp³-hybridized carbons (Fsp3) is 0.188. The second-order valence-electron chi connectivity index (χ2n) is 29.9. The Labute approximate surface area is 627 Å². The number of benzene rings is 12. The van der Waals surface area contributed by atoms with Gasteiger partial charge in [-0.25, -0.2) is 29.9 Å². The van der Waals surface area contributed by atoms with Crippen molar-refractivity contribution in [3.63, 3.8) is 0 Å². The molecule has 10 heteroatoms. The second-order valence-corrected chi connectivity index (χ2v) is 30.3. The van der Waals surface area contributed by atoms with Gasteiger partial charge in [-0.15, -0.1) is 0 Å². The highest BCUT2D eigenvalue weighted by molar-refractivity contribution is 6.62. The summed E-state index contributed by atoms with van der Waals surface area (Å²) in [6.45, 7) is 8.50. The summed E-state index contributed by atoms with van der Waals surface area (Å²) >= 11 is 6.20. The molecule has 8 nitrogen and oxygen atoms in total. The van der Waals surface area contributed by atoms with Gasteiger partial charge in [-0.05, 0) is 173 Å². The first kappa shape index (κ1) is 68.1. The van der Waals surface area contributed by atoms with E-state index >= 15 is 0 Å². The Hall–Kier alpha value is -11.1. The van der Waals surface area contributed by atoms with Crippen molar-refractivity contribution in [3.8, 4) is 124 Å². The first-order valence-corrected chi connectivity index (χ1v) is 37.9. The Kier molecular flexibility index (Phi) is 18.5. The molecule has 3 fully saturated rings. The van der Waals surface area contributed by atoms with Crippen molar-refractivity contribution >= 4 is 24.2 Å². The van der Waals surface area contributed by atoms with Crippen molar-refractivity contribution < 1.29 is 9.31 Å². The molecule has 2 saturated carbocycles. The van der Waals surface area contributed by atoms with Crippen molar-refractivity contribution in [2.75, 3.05) is 0 Å². The highest BCUT2D eigenvalue weighted by Crippen LogP contribution is 2.58. The van der Waals surface area contributed by atoms with Crippen LogP contribution in [0, 0.1) is 0 Å². The minimum absolute atomic E-state index is 0.147. The monoisotopic (exact) mass is 1400 g/mol. The Morgan fingerprint density at radius 1 is 0.255 bits per heavy atom. The van der Waals surface area contributed by atoms with Crippen molar-refractivity contribution in [1.29, 1.82) is 0 Å². The van der Waals surface area contributed by atoms with Gasteiger partial charge in [0.2, 0.25) is 0 Å². The third kappa shape index (κ3) is 13.2. The number of hydrogen-bond donors (Lipinski definition) is 0. The van der Waals surface area contributed by atoms with Crippen LogP contribution in [-0.4, -0.2) is 48.2 Å². The number of fused-ring (bicyclic) bond motifs is 10. The molecular weight excluding hydrogens is 1320 g/mol. The molecule has 14 aromatic rings. The maximum atomic E-state index is 6.34. The molecule has 12 aromatic carbocycles. The molecule has 2 spiro atoms. The zero-order valence-corrected chi connectivity index (χ0v) is 61.1. The zero-order chi connectivity index (χ0) is 71.8. The predicted molar refractivity (Wildman–Crippen MR) is 434 cm³/mol. The maximum absolute atomic E-state index is 6.34. The summed E-state index contributed by atoms with van der Waals surface area (Å²) in [7, 11) is -0.287. The van der Waals surface area contributed by atoms with Crippen LogP contribution in [0.25, 0.3) is 124 Å². The average Bonchev–Trinajstić information content (AvgIpc) is 1.56. The van der Waals surface area contributed by atoms with Crippen LogP contribution in [0.15, 0.2) is 303 Å². The highest BCUT2D eigenvalue weighted by atomic mass is 35.5. The van der Waals surface area contributed by atoms with Gasteiger partial charge in [0.15, 0.2) is 34.9 Å². The first-order chi connectivity index (χ1) is 51.8. The summed E-state index contributed by atoms with van der Waals surface area (Å²) in [6.07, 6.45) is 12.9. The normalized spacial score (nSPS) is 15.8. The summed E-state index contributed by atoms with van der Waals surface area (Å²) in [4.78, 5) is 29.2. The standard InChI is InChI=1S/C45H35N3.C27H18ClN3.C24H29BO2/c1-4-14-31(15-5-1)42-46-43(32-16-6-2-7-17-32)48-44(47-42)37-21-13-20-35(29-37)33-18-12-19-34(28-33)36-24-25-39-38-22-8-9-23-40(38)45(41(39)30-36)26-10-3-11-27-45;28-24-16-8-14-22(18-24)21-13-7-15-23(17-21)27-30-25(19-9-3-1-4-10-19)29-26(31-27)20-11-5-2-6-12-20;1-22(2)23(3,4)27-25(26-22)17-12-13-19-18-10-6-7-11-20(18)24(21(19)16-17)14-8-5-9-15-24/h1-2,4-9,12-25,28-30H,3,10-11,26-27H2;1-18H;6-7,10-13,16H,5,8-9,14-15H2,1-4H3. The fourth-order valence-electron chi connectivity index (χ4n) is 16.7. The van der Waals surface area contributed by atoms with Crippen LogP contribution in [0.2, 0.25) is 5.02 Å². The van der Waals surface area contributed by atoms with Crippen molar-refractivity contribution in [2.45, 2.75) is 114 Å². The summed E-state index contributed by atoms with van der Waals surface area (Å²) in [6, 6.07) is 106. The van der Waals surface area contributed by atoms with Gasteiger partial charge in [-0.2, -0.15) is 0 Å². The molecule has 518 valence electrons. The van der Waals surface area contributed by atoms with Crippen LogP contribution in [0.5, 0.6) is 0 Å². The molecule has 0 amide bonds. The molecule has 0 bridgehead atoms. The van der Waals surface area contributed by atoms with Crippen molar-refractivity contribution in [3.05, 3.63) is 331 Å². The molecule has 0 N–H and O–H groups in total. The minimum Gasteiger partial charge on any atom is -0.399 e. The highest BCUT2D eigenvalue weighted by Gasteiger charge is 2.53. The van der Waals surface area contributed by atoms with Crippen molar-refractivity contribution in [1.82, 2.24) is 29.9 Å². The molecule has 1 aliphatic heterocycles. The zero-order valence-electron chi connectivity index (χ0n) is 60.4. The van der Waals surface area contributed by atoms with E-state index < -0.39 is 0 Å². The lowest BCUT2D eigenvalue weighted by molar-refractivity contribution is 0.00578. The molecule has 0 radical (unpaired) electrons. The van der Waals surface area contributed by atoms with E-state index in [1.807, 2.05) is 158 Å². The van der Waals surface area contributed by atoms with Gasteiger partial charge < -0.3 is 9.31 Å². The van der Waals surface area contributed by atoms with Gasteiger partial charge in [-0.3, -0.25) is 0 Å². The Morgan fingerprint density at radius 2 is 0.547 bits per heavy atom. The predicted octanol–water partition coefficient (Wildman–Crippen LogP) is 23.8. The molecule has 106 heavy (non-hydrogen) atoms. The van der Waals surface area contributed by atoms with Crippen molar-refractivity contribution in [2.24, 2.45) is 0 Å². The summed E-state index contributed by atoms with van der Waals surface area (Å²) in [5.41, 5.74) is 25.3. The van der Waals surface area contributed by atoms with Crippen LogP contribution in [0.4, 0.5) is 0 Å². The number of hydrogen-bond acceptors (Lipinski definition) is 8. The van der Waals surface area contributed by atoms with E-state index in [0.29, 0.717) is 40.0 Å². The molecule has 0 unspecified atom stereocenters. The molecule has 3 heterocycles. The SMILES string of the molecule is CC1(C)OB(c2ccc3c(c2)C2(CCCCC2)c2ccccc2-3)OC1(C)C.Clc1cccc(-c2cccc(-c3nc(-c4ccccc4)nc(-c4ccccc4)n3)c2)c1.c1ccc(-c2nc(-c3ccccc3)nc(-c3cccc(-c4cccc(-c5ccc6c(c5)C5(CCCCC5)c5ccccc5-6)c4)c3)n2)cc1. The number of halogens is 1. The van der Waals surface area contributed by atoms with E-state index in [4.69, 9.17) is 50.8 Å². The lowest BCUT2D eigenvalue weighted by Gasteiger charge is -2.36. The van der Waals surface area contributed by atoms with E-state index in [2.05, 4.69) is 173 Å². The summed E-state index contributed by atoms with van der Waals surface area (Å²) < 4.78 is 12.7. The summed E-state index contributed by atoms with van der Waals surface area (Å²) in [5, 5.41) is 0.709. The number of rotatable bonds is 10. The summed E-state index contributed by atoms with van der Waals surface area (Å²) in [5.74, 6) is 3.94. The smallest absolute Gasteiger partial charge is 0.399 e. The lowest BCUT2D eigenvalue weighted by Crippen LogP contribution is -2.41. The van der Waals surface area contributed by atoms with E-state index in [1.54, 1.807) is 0 Å². The van der Waals surface area contributed by atoms with Gasteiger partial charge in [0, 0.05) is 49.2 Å². The lowest BCUT2D eigenvalue weighted by atomic mass is 9.66. The average molecular weight is 1400 g/mol. The molecule has 4 aliphatic carbocycles. The van der Waals surface area contributed by atoms with Gasteiger partial charge in [0.25, 0.3) is 0 Å². The van der Waals surface area contributed by atoms with Crippen LogP contribution in [0.1, 0.15) is 114 Å². The van der Waals surface area contributed by atoms with Gasteiger partial charge >= 0.3 is 7.12 Å². The van der Waals surface area contributed by atoms with Crippen LogP contribution in [0.3, 0.4) is 0 Å². The molecular formula is C96H82BClN6O2. The topological polar surface area (TPSA) is 95.8 Å².